The molecule has 1 aliphatic heterocycles. The highest BCUT2D eigenvalue weighted by molar-refractivity contribution is 6.35. The molecule has 4 rings (SSSR count). The van der Waals surface area contributed by atoms with Crippen molar-refractivity contribution in [1.82, 2.24) is 4.90 Å². The lowest BCUT2D eigenvalue weighted by Crippen LogP contribution is -2.48. The van der Waals surface area contributed by atoms with Crippen molar-refractivity contribution >= 4 is 46.5 Å². The number of amides is 1. The minimum Gasteiger partial charge on any atom is -0.462 e. The van der Waals surface area contributed by atoms with Gasteiger partial charge in [0.05, 0.1) is 22.1 Å². The number of furan rings is 1. The molecule has 0 atom stereocenters. The van der Waals surface area contributed by atoms with Crippen LogP contribution in [0.15, 0.2) is 52.9 Å². The summed E-state index contributed by atoms with van der Waals surface area (Å²) in [5.74, 6) is -0.318. The van der Waals surface area contributed by atoms with Crippen molar-refractivity contribution in [2.45, 2.75) is 6.92 Å². The summed E-state index contributed by atoms with van der Waals surface area (Å²) in [5.41, 5.74) is 0.890. The number of esters is 1. The number of hydrogen-bond acceptors (Lipinski definition) is 7. The largest absolute Gasteiger partial charge is 0.462 e. The molecule has 1 aliphatic rings. The van der Waals surface area contributed by atoms with Gasteiger partial charge in [0.2, 0.25) is 0 Å². The summed E-state index contributed by atoms with van der Waals surface area (Å²) < 4.78 is 10.7. The van der Waals surface area contributed by atoms with E-state index in [1.807, 2.05) is 4.90 Å². The van der Waals surface area contributed by atoms with Crippen LogP contribution in [0.2, 0.25) is 10.0 Å². The second kappa shape index (κ2) is 10.4. The van der Waals surface area contributed by atoms with E-state index in [9.17, 15) is 19.7 Å². The third-order valence-corrected chi connectivity index (χ3v) is 6.17. The molecular formula is C24H21Cl2N3O6. The molecule has 0 bridgehead atoms. The quantitative estimate of drug-likeness (QED) is 0.248. The van der Waals surface area contributed by atoms with E-state index in [2.05, 4.69) is 0 Å². The molecule has 0 unspecified atom stereocenters. The van der Waals surface area contributed by atoms with Gasteiger partial charge in [0.1, 0.15) is 11.4 Å². The van der Waals surface area contributed by atoms with E-state index in [0.29, 0.717) is 53.2 Å². The molecule has 1 aromatic heterocycles. The summed E-state index contributed by atoms with van der Waals surface area (Å²) in [6, 6.07) is 12.5. The number of carbonyl (C=O) groups is 2. The molecule has 3 aromatic rings. The van der Waals surface area contributed by atoms with Gasteiger partial charge in [0.15, 0.2) is 5.76 Å². The topological polar surface area (TPSA) is 106 Å². The summed E-state index contributed by atoms with van der Waals surface area (Å²) in [6.07, 6.45) is 0. The van der Waals surface area contributed by atoms with Gasteiger partial charge < -0.3 is 19.0 Å². The molecule has 0 N–H and O–H groups in total. The number of nitro benzene ring substituents is 1. The van der Waals surface area contributed by atoms with Crippen molar-refractivity contribution in [3.63, 3.8) is 0 Å². The van der Waals surface area contributed by atoms with E-state index >= 15 is 0 Å². The van der Waals surface area contributed by atoms with Crippen LogP contribution in [0.25, 0.3) is 11.3 Å². The average molecular weight is 518 g/mol. The fourth-order valence-electron chi connectivity index (χ4n) is 3.87. The van der Waals surface area contributed by atoms with E-state index in [4.69, 9.17) is 32.4 Å². The predicted octanol–water partition coefficient (Wildman–Crippen LogP) is 5.30. The number of piperazine rings is 1. The molecule has 182 valence electrons. The Hall–Kier alpha value is -3.56. The first kappa shape index (κ1) is 24.6. The lowest BCUT2D eigenvalue weighted by molar-refractivity contribution is -0.384. The third-order valence-electron chi connectivity index (χ3n) is 5.60. The molecule has 0 radical (unpaired) electrons. The molecule has 2 aromatic carbocycles. The Morgan fingerprint density at radius 3 is 2.49 bits per heavy atom. The summed E-state index contributed by atoms with van der Waals surface area (Å²) >= 11 is 12.3. The molecular weight excluding hydrogens is 497 g/mol. The van der Waals surface area contributed by atoms with Crippen LogP contribution in [0.4, 0.5) is 11.4 Å². The molecule has 2 heterocycles. The molecule has 1 amide bonds. The molecule has 1 fully saturated rings. The Bertz CT molecular complexity index is 1280. The monoisotopic (exact) mass is 517 g/mol. The van der Waals surface area contributed by atoms with Crippen LogP contribution in [-0.2, 0) is 4.74 Å². The van der Waals surface area contributed by atoms with E-state index < -0.39 is 10.9 Å². The van der Waals surface area contributed by atoms with Crippen molar-refractivity contribution in [3.8, 4) is 11.3 Å². The van der Waals surface area contributed by atoms with Crippen LogP contribution in [0.3, 0.4) is 0 Å². The summed E-state index contributed by atoms with van der Waals surface area (Å²) in [5, 5.41) is 12.6. The first-order chi connectivity index (χ1) is 16.8. The number of rotatable bonds is 6. The fourth-order valence-corrected chi connectivity index (χ4v) is 4.25. The van der Waals surface area contributed by atoms with Gasteiger partial charge in [-0.3, -0.25) is 14.9 Å². The first-order valence-corrected chi connectivity index (χ1v) is 11.6. The number of hydrogen-bond donors (Lipinski definition) is 0. The molecule has 0 spiro atoms. The maximum atomic E-state index is 13.0. The molecule has 9 nitrogen and oxygen atoms in total. The number of nitrogens with zero attached hydrogens (tertiary/aromatic N) is 3. The summed E-state index contributed by atoms with van der Waals surface area (Å²) in [4.78, 5) is 39.5. The molecule has 0 aliphatic carbocycles. The molecule has 0 saturated carbocycles. The van der Waals surface area contributed by atoms with E-state index in [-0.39, 0.29) is 29.5 Å². The second-order valence-corrected chi connectivity index (χ2v) is 8.59. The number of halogens is 2. The average Bonchev–Trinajstić information content (AvgIpc) is 3.35. The Labute approximate surface area is 210 Å². The number of ether oxygens (including phenoxy) is 1. The SMILES string of the molecule is CCOC(=O)c1ccc(N2CCN(C(=O)c3ccc(-c4cc(Cl)ccc4Cl)o3)CC2)c([N+](=O)[O-])c1. The Balaban J connectivity index is 1.46. The molecule has 35 heavy (non-hydrogen) atoms. The maximum absolute atomic E-state index is 13.0. The molecule has 11 heteroatoms. The highest BCUT2D eigenvalue weighted by atomic mass is 35.5. The van der Waals surface area contributed by atoms with Crippen LogP contribution in [0.1, 0.15) is 27.8 Å². The van der Waals surface area contributed by atoms with Crippen molar-refractivity contribution < 1.29 is 23.7 Å². The lowest BCUT2D eigenvalue weighted by atomic mass is 10.1. The fraction of sp³-hybridized carbons (Fsp3) is 0.250. The van der Waals surface area contributed by atoms with Gasteiger partial charge in [0.25, 0.3) is 11.6 Å². The standard InChI is InChI=1S/C24H21Cl2N3O6/c1-2-34-24(31)15-3-6-19(20(13-15)29(32)33)27-9-11-28(12-10-27)23(30)22-8-7-21(35-22)17-14-16(25)4-5-18(17)26/h3-8,13-14H,2,9-12H2,1H3. The third kappa shape index (κ3) is 5.26. The van der Waals surface area contributed by atoms with Crippen molar-refractivity contribution in [1.29, 1.82) is 0 Å². The number of nitro groups is 1. The summed E-state index contributed by atoms with van der Waals surface area (Å²) in [7, 11) is 0. The molecule has 1 saturated heterocycles. The smallest absolute Gasteiger partial charge is 0.338 e. The lowest BCUT2D eigenvalue weighted by Gasteiger charge is -2.35. The number of anilines is 1. The van der Waals surface area contributed by atoms with E-state index in [1.54, 1.807) is 42.2 Å². The normalized spacial score (nSPS) is 13.6. The van der Waals surface area contributed by atoms with Crippen LogP contribution in [0, 0.1) is 10.1 Å². The van der Waals surface area contributed by atoms with Crippen LogP contribution < -0.4 is 4.90 Å². The van der Waals surface area contributed by atoms with Gasteiger partial charge in [-0.15, -0.1) is 0 Å². The van der Waals surface area contributed by atoms with E-state index in [0.717, 1.165) is 0 Å². The number of carbonyl (C=O) groups excluding carboxylic acids is 2. The second-order valence-electron chi connectivity index (χ2n) is 7.75. The first-order valence-electron chi connectivity index (χ1n) is 10.8. The minimum absolute atomic E-state index is 0.115. The van der Waals surface area contributed by atoms with Crippen LogP contribution in [-0.4, -0.2) is 54.5 Å². The van der Waals surface area contributed by atoms with Crippen LogP contribution >= 0.6 is 23.2 Å². The zero-order valence-corrected chi connectivity index (χ0v) is 20.2. The van der Waals surface area contributed by atoms with Crippen molar-refractivity contribution in [2.75, 3.05) is 37.7 Å². The highest BCUT2D eigenvalue weighted by Crippen LogP contribution is 2.33. The van der Waals surface area contributed by atoms with Gasteiger partial charge >= 0.3 is 5.97 Å². The van der Waals surface area contributed by atoms with Gasteiger partial charge in [0, 0.05) is 42.8 Å². The van der Waals surface area contributed by atoms with Gasteiger partial charge in [-0.05, 0) is 49.4 Å². The highest BCUT2D eigenvalue weighted by Gasteiger charge is 2.28. The van der Waals surface area contributed by atoms with Gasteiger partial charge in [-0.1, -0.05) is 23.2 Å². The zero-order chi connectivity index (χ0) is 25.1. The van der Waals surface area contributed by atoms with Gasteiger partial charge in [-0.2, -0.15) is 0 Å². The zero-order valence-electron chi connectivity index (χ0n) is 18.7. The Morgan fingerprint density at radius 2 is 1.80 bits per heavy atom. The summed E-state index contributed by atoms with van der Waals surface area (Å²) in [6.45, 7) is 3.26. The Morgan fingerprint density at radius 1 is 1.06 bits per heavy atom. The number of benzene rings is 2. The Kier molecular flexibility index (Phi) is 7.28. The van der Waals surface area contributed by atoms with Crippen molar-refractivity contribution in [2.24, 2.45) is 0 Å². The van der Waals surface area contributed by atoms with Crippen molar-refractivity contribution in [3.05, 3.63) is 80.0 Å². The maximum Gasteiger partial charge on any atom is 0.338 e. The van der Waals surface area contributed by atoms with Gasteiger partial charge in [-0.25, -0.2) is 4.79 Å². The predicted molar refractivity (Wildman–Crippen MR) is 131 cm³/mol. The van der Waals surface area contributed by atoms with Crippen LogP contribution in [0.5, 0.6) is 0 Å². The van der Waals surface area contributed by atoms with E-state index in [1.165, 1.54) is 18.2 Å². The minimum atomic E-state index is -0.616.